The third kappa shape index (κ3) is 6.35. The zero-order valence-corrected chi connectivity index (χ0v) is 13.3. The summed E-state index contributed by atoms with van der Waals surface area (Å²) < 4.78 is 10.4. The molecule has 3 nitrogen and oxygen atoms in total. The van der Waals surface area contributed by atoms with Gasteiger partial charge in [-0.15, -0.1) is 5.92 Å². The van der Waals surface area contributed by atoms with Gasteiger partial charge in [-0.2, -0.15) is 0 Å². The molecule has 0 aromatic heterocycles. The summed E-state index contributed by atoms with van der Waals surface area (Å²) in [5, 5.41) is 0. The maximum Gasteiger partial charge on any atom is 0.307 e. The number of hydrogen-bond donors (Lipinski definition) is 0. The summed E-state index contributed by atoms with van der Waals surface area (Å²) in [5.74, 6) is 7.02. The molecule has 21 heavy (non-hydrogen) atoms. The fourth-order valence-electron chi connectivity index (χ4n) is 1.89. The van der Waals surface area contributed by atoms with Crippen LogP contribution in [0.1, 0.15) is 45.1 Å². The normalized spacial score (nSPS) is 11.5. The van der Waals surface area contributed by atoms with Crippen molar-refractivity contribution in [1.29, 1.82) is 0 Å². The van der Waals surface area contributed by atoms with Crippen molar-refractivity contribution in [3.05, 3.63) is 29.8 Å². The number of esters is 1. The molecule has 3 heteroatoms. The van der Waals surface area contributed by atoms with E-state index in [0.29, 0.717) is 5.92 Å². The average Bonchev–Trinajstić information content (AvgIpc) is 2.47. The standard InChI is InChI=1S/C18H24O3/c1-5-6-16(13-18(19)20-4)15-7-9-17(10-8-15)21-12-11-14(2)3/h7-10,14,16H,11-13H2,1-4H3. The highest BCUT2D eigenvalue weighted by molar-refractivity contribution is 5.71. The van der Waals surface area contributed by atoms with Crippen molar-refractivity contribution in [2.24, 2.45) is 5.92 Å². The molecule has 0 radical (unpaired) electrons. The van der Waals surface area contributed by atoms with Crippen molar-refractivity contribution in [2.75, 3.05) is 13.7 Å². The van der Waals surface area contributed by atoms with Gasteiger partial charge in [-0.1, -0.05) is 31.9 Å². The fraction of sp³-hybridized carbons (Fsp3) is 0.500. The lowest BCUT2D eigenvalue weighted by Gasteiger charge is -2.12. The predicted molar refractivity (Wildman–Crippen MR) is 84.2 cm³/mol. The fourth-order valence-corrected chi connectivity index (χ4v) is 1.89. The van der Waals surface area contributed by atoms with Crippen molar-refractivity contribution in [2.45, 2.75) is 39.5 Å². The number of carbonyl (C=O) groups is 1. The van der Waals surface area contributed by atoms with Gasteiger partial charge in [0.05, 0.1) is 26.1 Å². The lowest BCUT2D eigenvalue weighted by atomic mass is 9.96. The highest BCUT2D eigenvalue weighted by Gasteiger charge is 2.14. The Morgan fingerprint density at radius 1 is 1.24 bits per heavy atom. The van der Waals surface area contributed by atoms with Crippen molar-refractivity contribution >= 4 is 5.97 Å². The Bertz CT molecular complexity index is 491. The van der Waals surface area contributed by atoms with Crippen molar-refractivity contribution < 1.29 is 14.3 Å². The van der Waals surface area contributed by atoms with Crippen molar-refractivity contribution in [1.82, 2.24) is 0 Å². The lowest BCUT2D eigenvalue weighted by Crippen LogP contribution is -2.07. The Morgan fingerprint density at radius 3 is 2.43 bits per heavy atom. The molecule has 1 aromatic carbocycles. The number of carbonyl (C=O) groups excluding carboxylic acids is 1. The number of methoxy groups -OCH3 is 1. The number of hydrogen-bond acceptors (Lipinski definition) is 3. The first-order valence-electron chi connectivity index (χ1n) is 7.28. The van der Waals surface area contributed by atoms with Crippen LogP contribution in [0.5, 0.6) is 5.75 Å². The monoisotopic (exact) mass is 288 g/mol. The summed E-state index contributed by atoms with van der Waals surface area (Å²) in [6.07, 6.45) is 1.30. The number of ether oxygens (including phenoxy) is 2. The Balaban J connectivity index is 2.68. The third-order valence-electron chi connectivity index (χ3n) is 3.16. The Labute approximate surface area is 127 Å². The molecule has 0 aliphatic rings. The molecule has 1 rings (SSSR count). The molecule has 0 fully saturated rings. The van der Waals surface area contributed by atoms with Crippen LogP contribution in [-0.4, -0.2) is 19.7 Å². The molecular formula is C18H24O3. The summed E-state index contributed by atoms with van der Waals surface area (Å²) in [4.78, 5) is 11.4. The molecule has 0 aliphatic carbocycles. The van der Waals surface area contributed by atoms with Crippen LogP contribution in [0.3, 0.4) is 0 Å². The Morgan fingerprint density at radius 2 is 1.90 bits per heavy atom. The summed E-state index contributed by atoms with van der Waals surface area (Å²) in [5.41, 5.74) is 1.01. The van der Waals surface area contributed by atoms with E-state index in [1.165, 1.54) is 7.11 Å². The van der Waals surface area contributed by atoms with Crippen LogP contribution in [0, 0.1) is 17.8 Å². The molecule has 0 heterocycles. The number of rotatable bonds is 7. The van der Waals surface area contributed by atoms with Gasteiger partial charge in [-0.3, -0.25) is 4.79 Å². The van der Waals surface area contributed by atoms with Crippen LogP contribution in [-0.2, 0) is 9.53 Å². The van der Waals surface area contributed by atoms with Crippen LogP contribution in [0.25, 0.3) is 0 Å². The van der Waals surface area contributed by atoms with E-state index in [4.69, 9.17) is 9.47 Å². The Kier molecular flexibility index (Phi) is 7.39. The zero-order chi connectivity index (χ0) is 15.7. The summed E-state index contributed by atoms with van der Waals surface area (Å²) >= 11 is 0. The number of benzene rings is 1. The van der Waals surface area contributed by atoms with E-state index < -0.39 is 0 Å². The van der Waals surface area contributed by atoms with E-state index in [9.17, 15) is 4.79 Å². The van der Waals surface area contributed by atoms with Crippen molar-refractivity contribution in [3.8, 4) is 17.6 Å². The first-order valence-corrected chi connectivity index (χ1v) is 7.28. The van der Waals surface area contributed by atoms with Gasteiger partial charge >= 0.3 is 5.97 Å². The average molecular weight is 288 g/mol. The van der Waals surface area contributed by atoms with E-state index in [1.807, 2.05) is 24.3 Å². The van der Waals surface area contributed by atoms with Gasteiger partial charge in [0.15, 0.2) is 0 Å². The van der Waals surface area contributed by atoms with E-state index in [-0.39, 0.29) is 18.3 Å². The maximum absolute atomic E-state index is 11.4. The minimum Gasteiger partial charge on any atom is -0.494 e. The minimum atomic E-state index is -0.250. The minimum absolute atomic E-state index is 0.132. The van der Waals surface area contributed by atoms with Gasteiger partial charge in [0.2, 0.25) is 0 Å². The second-order valence-electron chi connectivity index (χ2n) is 5.33. The van der Waals surface area contributed by atoms with Gasteiger partial charge in [0.1, 0.15) is 5.75 Å². The topological polar surface area (TPSA) is 35.5 Å². The van der Waals surface area contributed by atoms with Crippen LogP contribution in [0.2, 0.25) is 0 Å². The van der Waals surface area contributed by atoms with E-state index in [0.717, 1.165) is 24.3 Å². The molecule has 0 spiro atoms. The molecule has 0 N–H and O–H groups in total. The third-order valence-corrected chi connectivity index (χ3v) is 3.16. The second kappa shape index (κ2) is 9.07. The highest BCUT2D eigenvalue weighted by atomic mass is 16.5. The van der Waals surface area contributed by atoms with Crippen LogP contribution in [0.15, 0.2) is 24.3 Å². The molecule has 0 aliphatic heterocycles. The summed E-state index contributed by atoms with van der Waals surface area (Å²) in [6.45, 7) is 6.84. The van der Waals surface area contributed by atoms with Gasteiger partial charge in [0.25, 0.3) is 0 Å². The van der Waals surface area contributed by atoms with E-state index in [2.05, 4.69) is 25.7 Å². The first kappa shape index (κ1) is 17.1. The molecule has 114 valence electrons. The van der Waals surface area contributed by atoms with Gasteiger partial charge in [-0.05, 0) is 37.0 Å². The summed E-state index contributed by atoms with van der Waals surface area (Å²) in [6, 6.07) is 7.78. The summed E-state index contributed by atoms with van der Waals surface area (Å²) in [7, 11) is 1.39. The SMILES string of the molecule is CC#CC(CC(=O)OC)c1ccc(OCCC(C)C)cc1. The molecule has 0 amide bonds. The predicted octanol–water partition coefficient (Wildman–Crippen LogP) is 3.78. The van der Waals surface area contributed by atoms with Gasteiger partial charge in [-0.25, -0.2) is 0 Å². The molecule has 1 aromatic rings. The van der Waals surface area contributed by atoms with E-state index >= 15 is 0 Å². The molecule has 1 atom stereocenters. The zero-order valence-electron chi connectivity index (χ0n) is 13.3. The molecule has 0 saturated heterocycles. The smallest absolute Gasteiger partial charge is 0.307 e. The second-order valence-corrected chi connectivity index (χ2v) is 5.33. The van der Waals surface area contributed by atoms with Crippen molar-refractivity contribution in [3.63, 3.8) is 0 Å². The highest BCUT2D eigenvalue weighted by Crippen LogP contribution is 2.22. The van der Waals surface area contributed by atoms with Crippen LogP contribution < -0.4 is 4.74 Å². The Hall–Kier alpha value is -1.95. The first-order chi connectivity index (χ1) is 10.1. The quantitative estimate of drug-likeness (QED) is 0.566. The van der Waals surface area contributed by atoms with Gasteiger partial charge < -0.3 is 9.47 Å². The van der Waals surface area contributed by atoms with E-state index in [1.54, 1.807) is 6.92 Å². The molecular weight excluding hydrogens is 264 g/mol. The van der Waals surface area contributed by atoms with Crippen LogP contribution >= 0.6 is 0 Å². The molecule has 1 unspecified atom stereocenters. The van der Waals surface area contributed by atoms with Gasteiger partial charge in [0, 0.05) is 0 Å². The molecule has 0 saturated carbocycles. The lowest BCUT2D eigenvalue weighted by molar-refractivity contribution is -0.140. The van der Waals surface area contributed by atoms with Crippen LogP contribution in [0.4, 0.5) is 0 Å². The maximum atomic E-state index is 11.4. The molecule has 0 bridgehead atoms. The largest absolute Gasteiger partial charge is 0.494 e.